The SMILES string of the molecule is C[C@H]1CC=C[C@H]2C=C(CO)[C@@H](C)[C@H]3[C@H](Cc4ccccc4)NC(=O)[C@@]23OC(=O)C=C[C@H](O)CCC1. The molecule has 7 atom stereocenters. The number of rotatable bonds is 3. The van der Waals surface area contributed by atoms with Gasteiger partial charge in [0.05, 0.1) is 12.7 Å². The molecule has 1 aliphatic carbocycles. The van der Waals surface area contributed by atoms with Gasteiger partial charge in [-0.25, -0.2) is 4.79 Å². The molecule has 6 nitrogen and oxygen atoms in total. The summed E-state index contributed by atoms with van der Waals surface area (Å²) in [5.74, 6) is -1.54. The normalized spacial score (nSPS) is 35.8. The fourth-order valence-corrected chi connectivity index (χ4v) is 6.01. The second kappa shape index (κ2) is 10.9. The summed E-state index contributed by atoms with van der Waals surface area (Å²) in [6, 6.07) is 9.68. The largest absolute Gasteiger partial charge is 0.444 e. The van der Waals surface area contributed by atoms with Crippen LogP contribution in [0, 0.1) is 23.7 Å². The maximum Gasteiger partial charge on any atom is 0.331 e. The van der Waals surface area contributed by atoms with Gasteiger partial charge in [-0.1, -0.05) is 75.2 Å². The third kappa shape index (κ3) is 5.29. The molecule has 1 aromatic carbocycles. The van der Waals surface area contributed by atoms with E-state index in [-0.39, 0.29) is 30.4 Å². The summed E-state index contributed by atoms with van der Waals surface area (Å²) in [4.78, 5) is 26.7. The van der Waals surface area contributed by atoms with E-state index in [0.717, 1.165) is 30.4 Å². The van der Waals surface area contributed by atoms with Crippen molar-refractivity contribution in [3.63, 3.8) is 0 Å². The van der Waals surface area contributed by atoms with E-state index in [2.05, 4.69) is 18.3 Å². The van der Waals surface area contributed by atoms with Crippen molar-refractivity contribution in [2.24, 2.45) is 23.7 Å². The highest BCUT2D eigenvalue weighted by Gasteiger charge is 2.64. The zero-order valence-corrected chi connectivity index (χ0v) is 20.6. The van der Waals surface area contributed by atoms with Crippen LogP contribution >= 0.6 is 0 Å². The maximum absolute atomic E-state index is 13.7. The minimum absolute atomic E-state index is 0.110. The summed E-state index contributed by atoms with van der Waals surface area (Å²) in [7, 11) is 0. The van der Waals surface area contributed by atoms with E-state index in [4.69, 9.17) is 4.74 Å². The lowest BCUT2D eigenvalue weighted by molar-refractivity contribution is -0.172. The molecule has 0 unspecified atom stereocenters. The van der Waals surface area contributed by atoms with Crippen molar-refractivity contribution >= 4 is 11.9 Å². The highest BCUT2D eigenvalue weighted by molar-refractivity contribution is 5.94. The quantitative estimate of drug-likeness (QED) is 0.456. The predicted molar refractivity (Wildman–Crippen MR) is 134 cm³/mol. The van der Waals surface area contributed by atoms with Crippen LogP contribution in [-0.2, 0) is 20.7 Å². The van der Waals surface area contributed by atoms with Gasteiger partial charge in [0.1, 0.15) is 0 Å². The van der Waals surface area contributed by atoms with Gasteiger partial charge in [0.25, 0.3) is 5.91 Å². The molecule has 1 saturated heterocycles. The van der Waals surface area contributed by atoms with Crippen LogP contribution in [0.3, 0.4) is 0 Å². The van der Waals surface area contributed by atoms with E-state index in [0.29, 0.717) is 18.8 Å². The monoisotopic (exact) mass is 479 g/mol. The molecule has 0 saturated carbocycles. The number of benzene rings is 1. The molecule has 3 N–H and O–H groups in total. The average molecular weight is 480 g/mol. The van der Waals surface area contributed by atoms with Crippen LogP contribution in [0.2, 0.25) is 0 Å². The molecule has 6 heteroatoms. The number of nitrogens with one attached hydrogen (secondary N) is 1. The van der Waals surface area contributed by atoms with E-state index in [1.807, 2.05) is 49.4 Å². The fraction of sp³-hybridized carbons (Fsp3) is 0.517. The highest BCUT2D eigenvalue weighted by atomic mass is 16.6. The van der Waals surface area contributed by atoms with Crippen LogP contribution in [0.1, 0.15) is 45.1 Å². The van der Waals surface area contributed by atoms with Gasteiger partial charge in [-0.3, -0.25) is 4.79 Å². The molecular weight excluding hydrogens is 442 g/mol. The van der Waals surface area contributed by atoms with Gasteiger partial charge in [0.2, 0.25) is 5.60 Å². The summed E-state index contributed by atoms with van der Waals surface area (Å²) in [5, 5.41) is 23.6. The third-order valence-corrected chi connectivity index (χ3v) is 7.90. The number of esters is 1. The molecule has 0 radical (unpaired) electrons. The van der Waals surface area contributed by atoms with Crippen molar-refractivity contribution in [3.05, 3.63) is 71.8 Å². The van der Waals surface area contributed by atoms with Gasteiger partial charge in [0, 0.05) is 24.0 Å². The van der Waals surface area contributed by atoms with Crippen LogP contribution in [0.5, 0.6) is 0 Å². The number of aliphatic hydroxyl groups is 2. The molecule has 35 heavy (non-hydrogen) atoms. The number of allylic oxidation sites excluding steroid dienone is 1. The Morgan fingerprint density at radius 3 is 2.63 bits per heavy atom. The van der Waals surface area contributed by atoms with Gasteiger partial charge in [-0.2, -0.15) is 0 Å². The second-order valence-electron chi connectivity index (χ2n) is 10.4. The molecule has 2 heterocycles. The lowest BCUT2D eigenvalue weighted by Crippen LogP contribution is -2.56. The van der Waals surface area contributed by atoms with Gasteiger partial charge < -0.3 is 20.3 Å². The van der Waals surface area contributed by atoms with Crippen LogP contribution in [0.4, 0.5) is 0 Å². The van der Waals surface area contributed by atoms with E-state index < -0.39 is 23.6 Å². The van der Waals surface area contributed by atoms with Gasteiger partial charge in [0.15, 0.2) is 0 Å². The van der Waals surface area contributed by atoms with Crippen molar-refractivity contribution in [1.29, 1.82) is 0 Å². The summed E-state index contributed by atoms with van der Waals surface area (Å²) in [6.07, 6.45) is 11.8. The van der Waals surface area contributed by atoms with Gasteiger partial charge >= 0.3 is 5.97 Å². The topological polar surface area (TPSA) is 95.9 Å². The lowest BCUT2D eigenvalue weighted by atomic mass is 9.63. The third-order valence-electron chi connectivity index (χ3n) is 7.90. The van der Waals surface area contributed by atoms with Crippen molar-refractivity contribution in [2.45, 2.75) is 63.7 Å². The Balaban J connectivity index is 1.78. The molecule has 188 valence electrons. The van der Waals surface area contributed by atoms with Crippen molar-refractivity contribution < 1.29 is 24.5 Å². The van der Waals surface area contributed by atoms with Crippen molar-refractivity contribution in [3.8, 4) is 0 Å². The summed E-state index contributed by atoms with van der Waals surface area (Å²) < 4.78 is 6.10. The standard InChI is InChI=1S/C29H37NO5/c1-19-8-6-12-23-17-22(18-31)20(2)27-25(16-21-10-4-3-5-11-21)30-28(34)29(23,27)35-26(33)15-14-24(32)13-7-9-19/h3-6,10-12,14-15,17,19-20,23-25,27,31-32H,7-9,13,16,18H2,1-2H3,(H,30,34)/t19-,20+,23-,24+,25-,27-,29+/m0/s1. The first kappa shape index (κ1) is 25.4. The Morgan fingerprint density at radius 1 is 1.11 bits per heavy atom. The maximum atomic E-state index is 13.7. The average Bonchev–Trinajstić information content (AvgIpc) is 3.11. The number of ether oxygens (including phenoxy) is 1. The molecule has 0 bridgehead atoms. The summed E-state index contributed by atoms with van der Waals surface area (Å²) >= 11 is 0. The van der Waals surface area contributed by atoms with Gasteiger partial charge in [-0.15, -0.1) is 0 Å². The number of hydrogen-bond donors (Lipinski definition) is 3. The number of hydrogen-bond acceptors (Lipinski definition) is 5. The summed E-state index contributed by atoms with van der Waals surface area (Å²) in [5.41, 5.74) is 0.512. The minimum atomic E-state index is -1.42. The molecule has 1 amide bonds. The minimum Gasteiger partial charge on any atom is -0.444 e. The Kier molecular flexibility index (Phi) is 7.92. The number of carbonyl (C=O) groups is 2. The van der Waals surface area contributed by atoms with E-state index in [1.54, 1.807) is 0 Å². The first-order valence-corrected chi connectivity index (χ1v) is 12.8. The predicted octanol–water partition coefficient (Wildman–Crippen LogP) is 3.49. The van der Waals surface area contributed by atoms with Crippen molar-refractivity contribution in [2.75, 3.05) is 6.61 Å². The van der Waals surface area contributed by atoms with E-state index >= 15 is 0 Å². The Hall–Kier alpha value is -2.70. The molecule has 1 spiro atoms. The molecule has 3 aliphatic rings. The highest BCUT2D eigenvalue weighted by Crippen LogP contribution is 2.50. The van der Waals surface area contributed by atoms with Crippen molar-refractivity contribution in [1.82, 2.24) is 5.32 Å². The molecule has 2 aliphatic heterocycles. The van der Waals surface area contributed by atoms with Crippen LogP contribution in [0.15, 0.2) is 66.3 Å². The Labute approximate surface area is 207 Å². The number of aliphatic hydroxyl groups excluding tert-OH is 2. The molecule has 1 fully saturated rings. The lowest BCUT2D eigenvalue weighted by Gasteiger charge is -2.44. The molecular formula is C29H37NO5. The van der Waals surface area contributed by atoms with Crippen LogP contribution in [0.25, 0.3) is 0 Å². The van der Waals surface area contributed by atoms with E-state index in [1.165, 1.54) is 12.2 Å². The molecule has 0 aromatic heterocycles. The zero-order chi connectivity index (χ0) is 25.0. The molecule has 1 aromatic rings. The van der Waals surface area contributed by atoms with Crippen LogP contribution < -0.4 is 5.32 Å². The molecule has 4 rings (SSSR count). The van der Waals surface area contributed by atoms with Crippen LogP contribution in [-0.4, -0.2) is 46.4 Å². The first-order valence-electron chi connectivity index (χ1n) is 12.8. The fourth-order valence-electron chi connectivity index (χ4n) is 6.01. The smallest absolute Gasteiger partial charge is 0.331 e. The first-order chi connectivity index (χ1) is 16.8. The van der Waals surface area contributed by atoms with E-state index in [9.17, 15) is 19.8 Å². The summed E-state index contributed by atoms with van der Waals surface area (Å²) in [6.45, 7) is 4.06. The van der Waals surface area contributed by atoms with Gasteiger partial charge in [-0.05, 0) is 48.3 Å². The second-order valence-corrected chi connectivity index (χ2v) is 10.4. The zero-order valence-electron chi connectivity index (χ0n) is 20.6. The Bertz CT molecular complexity index is 1000. The number of amides is 1. The Morgan fingerprint density at radius 2 is 1.89 bits per heavy atom. The number of carbonyl (C=O) groups excluding carboxylic acids is 2.